The molecule has 0 radical (unpaired) electrons. The molecule has 8 nitrogen and oxygen atoms in total. The third-order valence-corrected chi connectivity index (χ3v) is 5.64. The van der Waals surface area contributed by atoms with E-state index in [1.54, 1.807) is 11.9 Å². The van der Waals surface area contributed by atoms with Gasteiger partial charge in [-0.2, -0.15) is 0 Å². The van der Waals surface area contributed by atoms with E-state index in [1.165, 1.54) is 32.1 Å². The van der Waals surface area contributed by atoms with Crippen LogP contribution >= 0.6 is 0 Å². The van der Waals surface area contributed by atoms with Crippen LogP contribution in [0.5, 0.6) is 0 Å². The van der Waals surface area contributed by atoms with Gasteiger partial charge < -0.3 is 10.2 Å². The number of carbonyl (C=O) groups excluding carboxylic acids is 2. The molecule has 2 fully saturated rings. The van der Waals surface area contributed by atoms with Crippen LogP contribution < -0.4 is 10.0 Å². The van der Waals surface area contributed by atoms with Crippen LogP contribution in [0.1, 0.15) is 38.5 Å². The van der Waals surface area contributed by atoms with Crippen LogP contribution in [0.15, 0.2) is 0 Å². The maximum absolute atomic E-state index is 12.1. The lowest BCUT2D eigenvalue weighted by molar-refractivity contribution is -0.121. The van der Waals surface area contributed by atoms with E-state index in [9.17, 15) is 18.0 Å². The normalized spacial score (nSPS) is 23.3. The van der Waals surface area contributed by atoms with Gasteiger partial charge in [-0.3, -0.25) is 14.4 Å². The van der Waals surface area contributed by atoms with E-state index < -0.39 is 15.9 Å². The van der Waals surface area contributed by atoms with Crippen LogP contribution in [0.2, 0.25) is 0 Å². The molecule has 0 aromatic heterocycles. The van der Waals surface area contributed by atoms with Gasteiger partial charge in [-0.25, -0.2) is 13.2 Å². The SMILES string of the molecule is CNC(=O)N1CCN(CC2CCCCC2)C(CC(=O)NS(C)(=O)=O)C1. The molecule has 1 aliphatic carbocycles. The molecule has 1 saturated heterocycles. The van der Waals surface area contributed by atoms with Crippen molar-refractivity contribution in [3.63, 3.8) is 0 Å². The Bertz CT molecular complexity index is 575. The highest BCUT2D eigenvalue weighted by Crippen LogP contribution is 2.26. The predicted molar refractivity (Wildman–Crippen MR) is 95.6 cm³/mol. The monoisotopic (exact) mass is 374 g/mol. The molecule has 1 saturated carbocycles. The number of rotatable bonds is 5. The number of amides is 3. The molecule has 144 valence electrons. The Morgan fingerprint density at radius 2 is 1.80 bits per heavy atom. The molecule has 1 unspecified atom stereocenters. The lowest BCUT2D eigenvalue weighted by Gasteiger charge is -2.42. The Morgan fingerprint density at radius 3 is 2.40 bits per heavy atom. The van der Waals surface area contributed by atoms with Crippen molar-refractivity contribution in [1.82, 2.24) is 19.8 Å². The summed E-state index contributed by atoms with van der Waals surface area (Å²) in [5.41, 5.74) is 0. The molecule has 2 rings (SSSR count). The Morgan fingerprint density at radius 1 is 1.12 bits per heavy atom. The van der Waals surface area contributed by atoms with E-state index in [4.69, 9.17) is 0 Å². The zero-order valence-electron chi connectivity index (χ0n) is 15.2. The minimum Gasteiger partial charge on any atom is -0.341 e. The molecule has 2 aliphatic rings. The smallest absolute Gasteiger partial charge is 0.317 e. The quantitative estimate of drug-likeness (QED) is 0.724. The number of nitrogens with zero attached hydrogens (tertiary/aromatic N) is 2. The average molecular weight is 375 g/mol. The van der Waals surface area contributed by atoms with Crippen LogP contribution in [0.25, 0.3) is 0 Å². The minimum atomic E-state index is -3.56. The Hall–Kier alpha value is -1.35. The maximum atomic E-state index is 12.1. The molecule has 0 bridgehead atoms. The Balaban J connectivity index is 2.01. The van der Waals surface area contributed by atoms with Crippen molar-refractivity contribution in [3.05, 3.63) is 0 Å². The molecule has 3 amide bonds. The second-order valence-corrected chi connectivity index (χ2v) is 8.90. The van der Waals surface area contributed by atoms with Gasteiger partial charge in [0, 0.05) is 45.7 Å². The molecule has 1 atom stereocenters. The van der Waals surface area contributed by atoms with Crippen LogP contribution in [-0.2, 0) is 14.8 Å². The number of carbonyl (C=O) groups is 2. The van der Waals surface area contributed by atoms with Gasteiger partial charge in [0.25, 0.3) is 0 Å². The van der Waals surface area contributed by atoms with Gasteiger partial charge in [0.2, 0.25) is 15.9 Å². The summed E-state index contributed by atoms with van der Waals surface area (Å²) in [5.74, 6) is 0.112. The van der Waals surface area contributed by atoms with E-state index in [-0.39, 0.29) is 18.5 Å². The maximum Gasteiger partial charge on any atom is 0.317 e. The third-order valence-electron chi connectivity index (χ3n) is 5.04. The summed E-state index contributed by atoms with van der Waals surface area (Å²) in [6.07, 6.45) is 7.26. The minimum absolute atomic E-state index is 0.0767. The number of sulfonamides is 1. The summed E-state index contributed by atoms with van der Waals surface area (Å²) in [6.45, 7) is 2.68. The van der Waals surface area contributed by atoms with Crippen molar-refractivity contribution in [2.45, 2.75) is 44.6 Å². The first kappa shape index (κ1) is 20.0. The summed E-state index contributed by atoms with van der Waals surface area (Å²) >= 11 is 0. The molecule has 0 spiro atoms. The summed E-state index contributed by atoms with van der Waals surface area (Å²) < 4.78 is 24.6. The number of hydrogen-bond acceptors (Lipinski definition) is 5. The number of piperazine rings is 1. The van der Waals surface area contributed by atoms with E-state index in [1.807, 2.05) is 4.72 Å². The molecular formula is C16H30N4O4S. The Kier molecular flexibility index (Phi) is 7.06. The van der Waals surface area contributed by atoms with Crippen LogP contribution in [-0.4, -0.2) is 75.7 Å². The van der Waals surface area contributed by atoms with Crippen molar-refractivity contribution < 1.29 is 18.0 Å². The number of urea groups is 1. The molecule has 1 heterocycles. The van der Waals surface area contributed by atoms with Crippen LogP contribution in [0.4, 0.5) is 4.79 Å². The van der Waals surface area contributed by atoms with Gasteiger partial charge >= 0.3 is 6.03 Å². The van der Waals surface area contributed by atoms with E-state index in [0.717, 1.165) is 12.8 Å². The number of hydrogen-bond donors (Lipinski definition) is 2. The predicted octanol–water partition coefficient (Wildman–Crippen LogP) is 0.358. The van der Waals surface area contributed by atoms with Crippen LogP contribution in [0, 0.1) is 5.92 Å². The van der Waals surface area contributed by atoms with Crippen molar-refractivity contribution in [2.75, 3.05) is 39.5 Å². The fourth-order valence-corrected chi connectivity index (χ4v) is 4.33. The number of nitrogens with one attached hydrogen (secondary N) is 2. The lowest BCUT2D eigenvalue weighted by atomic mass is 9.88. The van der Waals surface area contributed by atoms with Crippen LogP contribution in [0.3, 0.4) is 0 Å². The molecule has 2 N–H and O–H groups in total. The van der Waals surface area contributed by atoms with E-state index in [2.05, 4.69) is 10.2 Å². The highest BCUT2D eigenvalue weighted by atomic mass is 32.2. The van der Waals surface area contributed by atoms with Gasteiger partial charge in [-0.15, -0.1) is 0 Å². The van der Waals surface area contributed by atoms with Gasteiger partial charge in [0.15, 0.2) is 0 Å². The molecule has 9 heteroatoms. The van der Waals surface area contributed by atoms with Crippen molar-refractivity contribution >= 4 is 22.0 Å². The molecule has 25 heavy (non-hydrogen) atoms. The van der Waals surface area contributed by atoms with Gasteiger partial charge in [-0.05, 0) is 18.8 Å². The van der Waals surface area contributed by atoms with Gasteiger partial charge in [-0.1, -0.05) is 19.3 Å². The average Bonchev–Trinajstić information content (AvgIpc) is 2.55. The standard InChI is InChI=1S/C16H30N4O4S/c1-17-16(22)20-9-8-19(11-13-6-4-3-5-7-13)14(12-20)10-15(21)18-25(2,23)24/h13-14H,3-12H2,1-2H3,(H,17,22)(H,18,21). The first-order valence-corrected chi connectivity index (χ1v) is 10.9. The second kappa shape index (κ2) is 8.84. The zero-order chi connectivity index (χ0) is 18.4. The van der Waals surface area contributed by atoms with Gasteiger partial charge in [0.1, 0.15) is 0 Å². The van der Waals surface area contributed by atoms with Crippen molar-refractivity contribution in [2.24, 2.45) is 5.92 Å². The fourth-order valence-electron chi connectivity index (χ4n) is 3.83. The summed E-state index contributed by atoms with van der Waals surface area (Å²) in [5, 5.41) is 2.62. The molecule has 0 aromatic rings. The van der Waals surface area contributed by atoms with Gasteiger partial charge in [0.05, 0.1) is 6.26 Å². The first-order chi connectivity index (χ1) is 11.8. The highest BCUT2D eigenvalue weighted by Gasteiger charge is 2.32. The summed E-state index contributed by atoms with van der Waals surface area (Å²) in [6, 6.07) is -0.319. The fraction of sp³-hybridized carbons (Fsp3) is 0.875. The summed E-state index contributed by atoms with van der Waals surface area (Å²) in [4.78, 5) is 27.9. The molecule has 0 aromatic carbocycles. The largest absolute Gasteiger partial charge is 0.341 e. The summed E-state index contributed by atoms with van der Waals surface area (Å²) in [7, 11) is -1.98. The first-order valence-electron chi connectivity index (χ1n) is 9.00. The second-order valence-electron chi connectivity index (χ2n) is 7.16. The Labute approximate surface area is 150 Å². The van der Waals surface area contributed by atoms with Crippen molar-refractivity contribution in [1.29, 1.82) is 0 Å². The third kappa shape index (κ3) is 6.47. The highest BCUT2D eigenvalue weighted by molar-refractivity contribution is 7.89. The topological polar surface area (TPSA) is 98.8 Å². The van der Waals surface area contributed by atoms with Crippen molar-refractivity contribution in [3.8, 4) is 0 Å². The van der Waals surface area contributed by atoms with E-state index in [0.29, 0.717) is 25.6 Å². The molecular weight excluding hydrogens is 344 g/mol. The lowest BCUT2D eigenvalue weighted by Crippen LogP contribution is -2.58. The molecule has 1 aliphatic heterocycles. The zero-order valence-corrected chi connectivity index (χ0v) is 16.0. The van der Waals surface area contributed by atoms with E-state index >= 15 is 0 Å².